The quantitative estimate of drug-likeness (QED) is 0.723. The summed E-state index contributed by atoms with van der Waals surface area (Å²) in [5, 5.41) is 15.5. The minimum atomic E-state index is -0.921. The number of hydrogen-bond acceptors (Lipinski definition) is 3. The second-order valence-corrected chi connectivity index (χ2v) is 7.39. The van der Waals surface area contributed by atoms with Gasteiger partial charge in [0.2, 0.25) is 0 Å². The Labute approximate surface area is 123 Å². The summed E-state index contributed by atoms with van der Waals surface area (Å²) >= 11 is 0. The van der Waals surface area contributed by atoms with Crippen molar-refractivity contribution >= 4 is 6.09 Å². The lowest BCUT2D eigenvalue weighted by atomic mass is 9.69. The highest BCUT2D eigenvalue weighted by molar-refractivity contribution is 5.66. The van der Waals surface area contributed by atoms with E-state index in [4.69, 9.17) is 0 Å². The van der Waals surface area contributed by atoms with Crippen molar-refractivity contribution in [1.29, 1.82) is 0 Å². The first-order valence-corrected chi connectivity index (χ1v) is 7.60. The highest BCUT2D eigenvalue weighted by Gasteiger charge is 2.44. The molecule has 3 N–H and O–H groups in total. The molecule has 20 heavy (non-hydrogen) atoms. The van der Waals surface area contributed by atoms with Gasteiger partial charge in [0, 0.05) is 32.7 Å². The van der Waals surface area contributed by atoms with E-state index in [9.17, 15) is 9.90 Å². The van der Waals surface area contributed by atoms with Crippen LogP contribution in [-0.2, 0) is 0 Å². The Balaban J connectivity index is 2.97. The fourth-order valence-corrected chi connectivity index (χ4v) is 3.04. The van der Waals surface area contributed by atoms with Gasteiger partial charge >= 0.3 is 6.09 Å². The van der Waals surface area contributed by atoms with E-state index in [1.165, 1.54) is 0 Å². The van der Waals surface area contributed by atoms with Crippen molar-refractivity contribution < 1.29 is 9.90 Å². The fraction of sp³-hybridized carbons (Fsp3) is 0.933. The van der Waals surface area contributed by atoms with Gasteiger partial charge in [0.05, 0.1) is 5.54 Å². The summed E-state index contributed by atoms with van der Waals surface area (Å²) in [6.07, 6.45) is -0.0667. The lowest BCUT2D eigenvalue weighted by molar-refractivity contribution is 0.0544. The summed E-state index contributed by atoms with van der Waals surface area (Å²) in [4.78, 5) is 13.7. The van der Waals surface area contributed by atoms with Crippen LogP contribution in [0.25, 0.3) is 0 Å². The van der Waals surface area contributed by atoms with Gasteiger partial charge in [-0.05, 0) is 17.8 Å². The lowest BCUT2D eigenvalue weighted by Gasteiger charge is -2.49. The van der Waals surface area contributed by atoms with E-state index < -0.39 is 11.6 Å². The number of hydrogen-bond donors (Lipinski definition) is 3. The van der Waals surface area contributed by atoms with Crippen LogP contribution in [-0.4, -0.2) is 54.4 Å². The maximum atomic E-state index is 11.3. The Kier molecular flexibility index (Phi) is 5.83. The van der Waals surface area contributed by atoms with Crippen molar-refractivity contribution in [2.24, 2.45) is 11.3 Å². The average molecular weight is 285 g/mol. The highest BCUT2D eigenvalue weighted by atomic mass is 16.4. The molecule has 5 heteroatoms. The van der Waals surface area contributed by atoms with E-state index in [0.29, 0.717) is 5.92 Å². The number of carboxylic acid groups (broad SMARTS) is 1. The molecule has 1 saturated heterocycles. The molecule has 1 aliphatic rings. The zero-order chi connectivity index (χ0) is 15.4. The van der Waals surface area contributed by atoms with Gasteiger partial charge in [-0.2, -0.15) is 0 Å². The topological polar surface area (TPSA) is 64.6 Å². The summed E-state index contributed by atoms with van der Waals surface area (Å²) < 4.78 is 0. The molecule has 0 saturated carbocycles. The van der Waals surface area contributed by atoms with Gasteiger partial charge in [0.25, 0.3) is 0 Å². The highest BCUT2D eigenvalue weighted by Crippen LogP contribution is 2.36. The standard InChI is InChI=1S/C15H31N3O2/c1-12(2)10-15(14(3,4)5,17-13(19)20)11-18-8-6-16-7-9-18/h12,16-17H,6-11H2,1-5H3,(H,19,20)/t15-/m1/s1. The molecule has 0 radical (unpaired) electrons. The first-order chi connectivity index (χ1) is 9.16. The predicted molar refractivity (Wildman–Crippen MR) is 82.1 cm³/mol. The monoisotopic (exact) mass is 285 g/mol. The molecular weight excluding hydrogens is 254 g/mol. The van der Waals surface area contributed by atoms with Crippen molar-refractivity contribution in [3.8, 4) is 0 Å². The summed E-state index contributed by atoms with van der Waals surface area (Å²) in [6.45, 7) is 15.4. The molecule has 1 heterocycles. The van der Waals surface area contributed by atoms with Crippen molar-refractivity contribution in [2.75, 3.05) is 32.7 Å². The second kappa shape index (κ2) is 6.76. The minimum Gasteiger partial charge on any atom is -0.465 e. The van der Waals surface area contributed by atoms with Crippen LogP contribution in [0, 0.1) is 11.3 Å². The van der Waals surface area contributed by atoms with E-state index in [1.54, 1.807) is 0 Å². The average Bonchev–Trinajstić information content (AvgIpc) is 2.26. The smallest absolute Gasteiger partial charge is 0.405 e. The molecule has 0 aromatic carbocycles. The van der Waals surface area contributed by atoms with Gasteiger partial charge in [0.15, 0.2) is 0 Å². The number of amides is 1. The molecule has 0 bridgehead atoms. The van der Waals surface area contributed by atoms with Crippen LogP contribution in [0.3, 0.4) is 0 Å². The van der Waals surface area contributed by atoms with Crippen LogP contribution in [0.1, 0.15) is 41.0 Å². The molecule has 1 amide bonds. The number of carbonyl (C=O) groups is 1. The third-order valence-electron chi connectivity index (χ3n) is 4.24. The van der Waals surface area contributed by atoms with Crippen LogP contribution in [0.2, 0.25) is 0 Å². The molecule has 0 aliphatic carbocycles. The van der Waals surface area contributed by atoms with Crippen molar-refractivity contribution in [1.82, 2.24) is 15.5 Å². The van der Waals surface area contributed by atoms with Gasteiger partial charge in [0.1, 0.15) is 0 Å². The summed E-state index contributed by atoms with van der Waals surface area (Å²) in [7, 11) is 0. The van der Waals surface area contributed by atoms with Crippen LogP contribution >= 0.6 is 0 Å². The van der Waals surface area contributed by atoms with Gasteiger partial charge in [-0.3, -0.25) is 4.90 Å². The number of nitrogens with zero attached hydrogens (tertiary/aromatic N) is 1. The third-order valence-corrected chi connectivity index (χ3v) is 4.24. The minimum absolute atomic E-state index is 0.124. The largest absolute Gasteiger partial charge is 0.465 e. The van der Waals surface area contributed by atoms with Gasteiger partial charge in [-0.1, -0.05) is 34.6 Å². The summed E-state index contributed by atoms with van der Waals surface area (Å²) in [5.74, 6) is 0.448. The zero-order valence-electron chi connectivity index (χ0n) is 13.6. The third kappa shape index (κ3) is 4.63. The Morgan fingerprint density at radius 2 is 1.85 bits per heavy atom. The molecule has 5 nitrogen and oxygen atoms in total. The second-order valence-electron chi connectivity index (χ2n) is 7.39. The first-order valence-electron chi connectivity index (χ1n) is 7.60. The molecule has 0 aromatic rings. The molecular formula is C15H31N3O2. The lowest BCUT2D eigenvalue weighted by Crippen LogP contribution is -2.64. The van der Waals surface area contributed by atoms with E-state index >= 15 is 0 Å². The van der Waals surface area contributed by atoms with E-state index in [2.05, 4.69) is 50.2 Å². The molecule has 1 fully saturated rings. The zero-order valence-corrected chi connectivity index (χ0v) is 13.6. The van der Waals surface area contributed by atoms with Gasteiger partial charge in [-0.25, -0.2) is 4.79 Å². The van der Waals surface area contributed by atoms with Gasteiger partial charge < -0.3 is 15.7 Å². The molecule has 0 unspecified atom stereocenters. The first kappa shape index (κ1) is 17.2. The van der Waals surface area contributed by atoms with Crippen molar-refractivity contribution in [3.63, 3.8) is 0 Å². The van der Waals surface area contributed by atoms with E-state index in [1.807, 2.05) is 0 Å². The van der Waals surface area contributed by atoms with Crippen molar-refractivity contribution in [2.45, 2.75) is 46.6 Å². The molecule has 1 rings (SSSR count). The molecule has 1 aliphatic heterocycles. The number of nitrogens with one attached hydrogen (secondary N) is 2. The Bertz CT molecular complexity index is 320. The Morgan fingerprint density at radius 1 is 1.30 bits per heavy atom. The van der Waals surface area contributed by atoms with Crippen molar-refractivity contribution in [3.05, 3.63) is 0 Å². The van der Waals surface area contributed by atoms with E-state index in [-0.39, 0.29) is 5.41 Å². The maximum Gasteiger partial charge on any atom is 0.405 e. The van der Waals surface area contributed by atoms with Crippen LogP contribution in [0.5, 0.6) is 0 Å². The summed E-state index contributed by atoms with van der Waals surface area (Å²) in [5.41, 5.74) is -0.537. The SMILES string of the molecule is CC(C)C[C@](CN1CCNCC1)(NC(=O)O)C(C)(C)C. The Hall–Kier alpha value is -0.810. The van der Waals surface area contributed by atoms with E-state index in [0.717, 1.165) is 39.1 Å². The van der Waals surface area contributed by atoms with Crippen LogP contribution < -0.4 is 10.6 Å². The normalized spacial score (nSPS) is 20.7. The van der Waals surface area contributed by atoms with Crippen LogP contribution in [0.4, 0.5) is 4.79 Å². The molecule has 118 valence electrons. The predicted octanol–water partition coefficient (Wildman–Crippen LogP) is 1.99. The maximum absolute atomic E-state index is 11.3. The molecule has 0 spiro atoms. The fourth-order valence-electron chi connectivity index (χ4n) is 3.04. The number of piperazine rings is 1. The molecule has 1 atom stereocenters. The summed E-state index contributed by atoms with van der Waals surface area (Å²) in [6, 6.07) is 0. The Morgan fingerprint density at radius 3 is 2.25 bits per heavy atom. The van der Waals surface area contributed by atoms with Crippen LogP contribution in [0.15, 0.2) is 0 Å². The number of rotatable bonds is 5. The molecule has 0 aromatic heterocycles. The van der Waals surface area contributed by atoms with Gasteiger partial charge in [-0.15, -0.1) is 0 Å².